The van der Waals surface area contributed by atoms with E-state index in [1.165, 1.54) is 0 Å². The Morgan fingerprint density at radius 1 is 1.00 bits per heavy atom. The van der Waals surface area contributed by atoms with Gasteiger partial charge in [-0.2, -0.15) is 5.10 Å². The summed E-state index contributed by atoms with van der Waals surface area (Å²) in [6.45, 7) is 8.99. The molecule has 3 rings (SSSR count). The second-order valence-corrected chi connectivity index (χ2v) is 6.63. The normalized spacial score (nSPS) is 17.0. The van der Waals surface area contributed by atoms with Crippen molar-refractivity contribution in [1.29, 1.82) is 0 Å². The summed E-state index contributed by atoms with van der Waals surface area (Å²) in [4.78, 5) is 4.76. The third kappa shape index (κ3) is 3.74. The lowest BCUT2D eigenvalue weighted by molar-refractivity contribution is 0.284. The Bertz CT molecular complexity index is 581. The molecule has 1 fully saturated rings. The fourth-order valence-electron chi connectivity index (χ4n) is 2.51. The first-order valence-corrected chi connectivity index (χ1v) is 8.09. The maximum Gasteiger partial charge on any atom is 0.151 e. The van der Waals surface area contributed by atoms with E-state index in [1.54, 1.807) is 11.3 Å². The molecule has 0 bridgehead atoms. The second kappa shape index (κ2) is 6.44. The summed E-state index contributed by atoms with van der Waals surface area (Å²) in [7, 11) is 0. The van der Waals surface area contributed by atoms with Crippen LogP contribution in [0.15, 0.2) is 12.1 Å². The van der Waals surface area contributed by atoms with Gasteiger partial charge in [0.1, 0.15) is 10.0 Å². The van der Waals surface area contributed by atoms with Crippen LogP contribution in [0.2, 0.25) is 0 Å². The molecule has 2 aromatic heterocycles. The van der Waals surface area contributed by atoms with Crippen molar-refractivity contribution in [2.45, 2.75) is 26.8 Å². The largest absolute Gasteiger partial charge is 0.354 e. The van der Waals surface area contributed by atoms with Gasteiger partial charge in [-0.05, 0) is 32.4 Å². The average Bonchev–Trinajstić information content (AvgIpc) is 2.74. The highest BCUT2D eigenvalue weighted by Gasteiger charge is 2.17. The molecule has 0 amide bonds. The number of hydrogen-bond donors (Lipinski definition) is 0. The Morgan fingerprint density at radius 3 is 2.62 bits per heavy atom. The van der Waals surface area contributed by atoms with Gasteiger partial charge in [0.05, 0.1) is 12.2 Å². The van der Waals surface area contributed by atoms with Crippen LogP contribution in [-0.2, 0) is 6.54 Å². The minimum Gasteiger partial charge on any atom is -0.354 e. The van der Waals surface area contributed by atoms with Gasteiger partial charge in [0.2, 0.25) is 0 Å². The van der Waals surface area contributed by atoms with Crippen LogP contribution in [0, 0.1) is 13.8 Å². The molecule has 0 unspecified atom stereocenters. The lowest BCUT2D eigenvalue weighted by atomic mass is 10.3. The van der Waals surface area contributed by atoms with Crippen LogP contribution < -0.4 is 4.90 Å². The van der Waals surface area contributed by atoms with Crippen LogP contribution in [0.25, 0.3) is 0 Å². The number of hydrogen-bond acceptors (Lipinski definition) is 7. The number of rotatable bonds is 3. The molecule has 0 saturated carbocycles. The first-order chi connectivity index (χ1) is 10.2. The summed E-state index contributed by atoms with van der Waals surface area (Å²) in [6, 6.07) is 4.08. The molecule has 0 radical (unpaired) electrons. The summed E-state index contributed by atoms with van der Waals surface area (Å²) in [6.07, 6.45) is 1.13. The molecule has 3 heterocycles. The van der Waals surface area contributed by atoms with E-state index >= 15 is 0 Å². The van der Waals surface area contributed by atoms with Crippen LogP contribution in [-0.4, -0.2) is 51.5 Å². The van der Waals surface area contributed by atoms with Crippen molar-refractivity contribution in [1.82, 2.24) is 25.3 Å². The molecule has 0 aromatic carbocycles. The maximum absolute atomic E-state index is 4.29. The number of aryl methyl sites for hydroxylation is 2. The topological polar surface area (TPSA) is 58.0 Å². The van der Waals surface area contributed by atoms with Crippen molar-refractivity contribution >= 4 is 17.2 Å². The zero-order valence-electron chi connectivity index (χ0n) is 12.5. The summed E-state index contributed by atoms with van der Waals surface area (Å²) >= 11 is 1.69. The third-order valence-corrected chi connectivity index (χ3v) is 4.45. The van der Waals surface area contributed by atoms with Gasteiger partial charge in [-0.15, -0.1) is 26.6 Å². The van der Waals surface area contributed by atoms with Crippen LogP contribution in [0.5, 0.6) is 0 Å². The Labute approximate surface area is 128 Å². The number of nitrogens with zero attached hydrogens (tertiary/aromatic N) is 6. The van der Waals surface area contributed by atoms with E-state index in [2.05, 4.69) is 36.3 Å². The highest BCUT2D eigenvalue weighted by Crippen LogP contribution is 2.16. The third-order valence-electron chi connectivity index (χ3n) is 3.62. The monoisotopic (exact) mass is 304 g/mol. The molecule has 0 spiro atoms. The highest BCUT2D eigenvalue weighted by molar-refractivity contribution is 7.11. The van der Waals surface area contributed by atoms with Gasteiger partial charge >= 0.3 is 0 Å². The summed E-state index contributed by atoms with van der Waals surface area (Å²) < 4.78 is 0. The Morgan fingerprint density at radius 2 is 1.90 bits per heavy atom. The molecule has 1 saturated heterocycles. The minimum atomic E-state index is 0.902. The van der Waals surface area contributed by atoms with E-state index in [0.717, 1.165) is 60.7 Å². The molecule has 0 atom stereocenters. The van der Waals surface area contributed by atoms with E-state index in [0.29, 0.717) is 0 Å². The predicted octanol–water partition coefficient (Wildman–Crippen LogP) is 1.66. The molecule has 112 valence electrons. The molecule has 1 aliphatic rings. The Hall–Kier alpha value is -1.60. The molecule has 1 aliphatic heterocycles. The van der Waals surface area contributed by atoms with E-state index in [9.17, 15) is 0 Å². The van der Waals surface area contributed by atoms with Crippen molar-refractivity contribution in [2.75, 3.05) is 31.1 Å². The SMILES string of the molecule is Cc1ccc(N2CCCN(Cc3nnc(C)s3)CC2)nn1. The summed E-state index contributed by atoms with van der Waals surface area (Å²) in [5.74, 6) is 0.981. The highest BCUT2D eigenvalue weighted by atomic mass is 32.1. The van der Waals surface area contributed by atoms with Gasteiger partial charge in [-0.3, -0.25) is 4.90 Å². The maximum atomic E-state index is 4.29. The van der Waals surface area contributed by atoms with Crippen molar-refractivity contribution in [2.24, 2.45) is 0 Å². The van der Waals surface area contributed by atoms with Crippen molar-refractivity contribution in [3.63, 3.8) is 0 Å². The lowest BCUT2D eigenvalue weighted by Crippen LogP contribution is -2.31. The van der Waals surface area contributed by atoms with Gasteiger partial charge in [0, 0.05) is 26.2 Å². The van der Waals surface area contributed by atoms with E-state index in [4.69, 9.17) is 0 Å². The van der Waals surface area contributed by atoms with Crippen LogP contribution in [0.1, 0.15) is 22.1 Å². The Kier molecular flexibility index (Phi) is 4.40. The number of anilines is 1. The molecule has 21 heavy (non-hydrogen) atoms. The molecule has 0 aliphatic carbocycles. The first-order valence-electron chi connectivity index (χ1n) is 7.27. The predicted molar refractivity (Wildman–Crippen MR) is 83.5 cm³/mol. The average molecular weight is 304 g/mol. The van der Waals surface area contributed by atoms with Gasteiger partial charge < -0.3 is 4.90 Å². The molecular formula is C14H20N6S. The first kappa shape index (κ1) is 14.3. The summed E-state index contributed by atoms with van der Waals surface area (Å²) in [5.41, 5.74) is 0.960. The van der Waals surface area contributed by atoms with Crippen molar-refractivity contribution in [3.05, 3.63) is 27.8 Å². The zero-order valence-corrected chi connectivity index (χ0v) is 13.3. The quantitative estimate of drug-likeness (QED) is 0.859. The van der Waals surface area contributed by atoms with Crippen molar-refractivity contribution < 1.29 is 0 Å². The number of aromatic nitrogens is 4. The Balaban J connectivity index is 1.60. The van der Waals surface area contributed by atoms with E-state index < -0.39 is 0 Å². The minimum absolute atomic E-state index is 0.902. The van der Waals surface area contributed by atoms with Gasteiger partial charge in [0.15, 0.2) is 5.82 Å². The van der Waals surface area contributed by atoms with Gasteiger partial charge in [0.25, 0.3) is 0 Å². The second-order valence-electron chi connectivity index (χ2n) is 5.36. The molecule has 2 aromatic rings. The molecular weight excluding hydrogens is 284 g/mol. The fourth-order valence-corrected chi connectivity index (χ4v) is 3.26. The smallest absolute Gasteiger partial charge is 0.151 e. The van der Waals surface area contributed by atoms with Crippen LogP contribution >= 0.6 is 11.3 Å². The summed E-state index contributed by atoms with van der Waals surface area (Å²) in [5, 5.41) is 18.9. The van der Waals surface area contributed by atoms with Crippen LogP contribution in [0.4, 0.5) is 5.82 Å². The standard InChI is InChI=1S/C14H20N6S/c1-11-4-5-13(17-15-11)20-7-3-6-19(8-9-20)10-14-18-16-12(2)21-14/h4-5H,3,6-10H2,1-2H3. The zero-order chi connectivity index (χ0) is 14.7. The van der Waals surface area contributed by atoms with Crippen molar-refractivity contribution in [3.8, 4) is 0 Å². The van der Waals surface area contributed by atoms with E-state index in [-0.39, 0.29) is 0 Å². The fraction of sp³-hybridized carbons (Fsp3) is 0.571. The van der Waals surface area contributed by atoms with Crippen LogP contribution in [0.3, 0.4) is 0 Å². The lowest BCUT2D eigenvalue weighted by Gasteiger charge is -2.21. The molecule has 6 nitrogen and oxygen atoms in total. The molecule has 0 N–H and O–H groups in total. The molecule has 7 heteroatoms. The van der Waals surface area contributed by atoms with E-state index in [1.807, 2.05) is 19.9 Å². The van der Waals surface area contributed by atoms with Gasteiger partial charge in [-0.1, -0.05) is 0 Å². The van der Waals surface area contributed by atoms with Gasteiger partial charge in [-0.25, -0.2) is 0 Å².